The zero-order chi connectivity index (χ0) is 11.0. The summed E-state index contributed by atoms with van der Waals surface area (Å²) in [7, 11) is 0. The molecule has 0 amide bonds. The Morgan fingerprint density at radius 1 is 1.40 bits per heavy atom. The van der Waals surface area contributed by atoms with Gasteiger partial charge in [-0.1, -0.05) is 12.1 Å². The summed E-state index contributed by atoms with van der Waals surface area (Å²) in [5.74, 6) is -0.283. The summed E-state index contributed by atoms with van der Waals surface area (Å²) in [5.41, 5.74) is 1.05. The molecule has 0 aliphatic carbocycles. The van der Waals surface area contributed by atoms with Crippen LogP contribution in [0, 0.1) is 5.82 Å². The van der Waals surface area contributed by atoms with Gasteiger partial charge in [0.1, 0.15) is 5.82 Å². The summed E-state index contributed by atoms with van der Waals surface area (Å²) < 4.78 is 15.4. The van der Waals surface area contributed by atoms with Crippen molar-refractivity contribution in [3.8, 4) is 0 Å². The van der Waals surface area contributed by atoms with E-state index in [-0.39, 0.29) is 11.9 Å². The predicted octanol–water partition coefficient (Wildman–Crippen LogP) is 3.17. The number of hydrogen-bond donors (Lipinski definition) is 0. The van der Waals surface area contributed by atoms with Crippen LogP contribution in [0.5, 0.6) is 0 Å². The van der Waals surface area contributed by atoms with E-state index in [1.807, 2.05) is 13.8 Å². The zero-order valence-electron chi connectivity index (χ0n) is 8.70. The second-order valence-corrected chi connectivity index (χ2v) is 3.84. The number of carbonyl (C=O) groups excluding carboxylic acids is 1. The number of nitrogens with zero attached hydrogens (tertiary/aromatic N) is 1. The molecule has 1 heterocycles. The molecule has 78 valence electrons. The third-order valence-corrected chi connectivity index (χ3v) is 2.52. The Morgan fingerprint density at radius 3 is 2.73 bits per heavy atom. The van der Waals surface area contributed by atoms with Crippen LogP contribution in [0.15, 0.2) is 24.4 Å². The summed E-state index contributed by atoms with van der Waals surface area (Å²) in [6.07, 6.45) is 2.46. The number of carbonyl (C=O) groups is 1. The van der Waals surface area contributed by atoms with Gasteiger partial charge >= 0.3 is 0 Å². The maximum atomic E-state index is 13.6. The molecule has 1 aromatic heterocycles. The van der Waals surface area contributed by atoms with Crippen LogP contribution in [0.2, 0.25) is 0 Å². The molecule has 15 heavy (non-hydrogen) atoms. The number of halogens is 1. The molecule has 0 bridgehead atoms. The Morgan fingerprint density at radius 2 is 2.13 bits per heavy atom. The average Bonchev–Trinajstić information content (AvgIpc) is 2.58. The van der Waals surface area contributed by atoms with Gasteiger partial charge in [0.05, 0.1) is 5.52 Å². The molecular formula is C12H12FNO. The van der Waals surface area contributed by atoms with Crippen LogP contribution >= 0.6 is 0 Å². The van der Waals surface area contributed by atoms with Gasteiger partial charge in [0.2, 0.25) is 0 Å². The van der Waals surface area contributed by atoms with Gasteiger partial charge in [-0.25, -0.2) is 4.39 Å². The van der Waals surface area contributed by atoms with Crippen molar-refractivity contribution in [2.24, 2.45) is 0 Å². The lowest BCUT2D eigenvalue weighted by Gasteiger charge is -2.09. The van der Waals surface area contributed by atoms with Crippen molar-refractivity contribution >= 4 is 17.2 Å². The molecule has 2 aromatic rings. The van der Waals surface area contributed by atoms with Gasteiger partial charge in [-0.3, -0.25) is 4.79 Å². The Kier molecular flexibility index (Phi) is 2.31. The Bertz CT molecular complexity index is 514. The molecule has 0 saturated heterocycles. The molecule has 0 saturated carbocycles. The van der Waals surface area contributed by atoms with Gasteiger partial charge in [-0.15, -0.1) is 0 Å². The van der Waals surface area contributed by atoms with Gasteiger partial charge in [0.15, 0.2) is 6.29 Å². The highest BCUT2D eigenvalue weighted by Crippen LogP contribution is 2.25. The van der Waals surface area contributed by atoms with Crippen molar-refractivity contribution < 1.29 is 9.18 Å². The fourth-order valence-electron chi connectivity index (χ4n) is 1.80. The second kappa shape index (κ2) is 3.50. The molecule has 0 radical (unpaired) electrons. The lowest BCUT2D eigenvalue weighted by atomic mass is 10.2. The number of aromatic nitrogens is 1. The van der Waals surface area contributed by atoms with Crippen molar-refractivity contribution in [2.45, 2.75) is 19.9 Å². The van der Waals surface area contributed by atoms with Crippen molar-refractivity contribution in [3.63, 3.8) is 0 Å². The monoisotopic (exact) mass is 205 g/mol. The molecule has 2 nitrogen and oxygen atoms in total. The molecule has 1 aromatic carbocycles. The highest BCUT2D eigenvalue weighted by atomic mass is 19.1. The number of benzene rings is 1. The Hall–Kier alpha value is -1.64. The molecule has 0 unspecified atom stereocenters. The molecule has 2 rings (SSSR count). The normalized spacial score (nSPS) is 11.2. The van der Waals surface area contributed by atoms with Crippen LogP contribution in [0.4, 0.5) is 4.39 Å². The minimum Gasteiger partial charge on any atom is -0.342 e. The van der Waals surface area contributed by atoms with Crippen molar-refractivity contribution in [1.29, 1.82) is 0 Å². The lowest BCUT2D eigenvalue weighted by Crippen LogP contribution is -1.99. The smallest absolute Gasteiger partial charge is 0.152 e. The standard InChI is InChI=1S/C12H12FNO/c1-8(2)14-6-9(7-15)10-4-3-5-11(13)12(10)14/h3-8H,1-2H3. The maximum absolute atomic E-state index is 13.6. The van der Waals surface area contributed by atoms with E-state index in [4.69, 9.17) is 0 Å². The zero-order valence-corrected chi connectivity index (χ0v) is 8.70. The van der Waals surface area contributed by atoms with E-state index < -0.39 is 0 Å². The third kappa shape index (κ3) is 1.44. The van der Waals surface area contributed by atoms with Gasteiger partial charge in [-0.2, -0.15) is 0 Å². The maximum Gasteiger partial charge on any atom is 0.152 e. The van der Waals surface area contributed by atoms with Gasteiger partial charge in [0.25, 0.3) is 0 Å². The summed E-state index contributed by atoms with van der Waals surface area (Å²) in [6, 6.07) is 4.93. The van der Waals surface area contributed by atoms with E-state index >= 15 is 0 Å². The molecule has 0 aliphatic heterocycles. The first kappa shape index (κ1) is 9.90. The SMILES string of the molecule is CC(C)n1cc(C=O)c2cccc(F)c21. The number of para-hydroxylation sites is 1. The van der Waals surface area contributed by atoms with Crippen molar-refractivity contribution in [2.75, 3.05) is 0 Å². The molecule has 0 aliphatic rings. The van der Waals surface area contributed by atoms with Crippen LogP contribution in [0.25, 0.3) is 10.9 Å². The minimum atomic E-state index is -0.283. The fourth-order valence-corrected chi connectivity index (χ4v) is 1.80. The molecule has 3 heteroatoms. The largest absolute Gasteiger partial charge is 0.342 e. The highest BCUT2D eigenvalue weighted by Gasteiger charge is 2.12. The van der Waals surface area contributed by atoms with Crippen LogP contribution in [0.1, 0.15) is 30.2 Å². The van der Waals surface area contributed by atoms with Crippen LogP contribution < -0.4 is 0 Å². The van der Waals surface area contributed by atoms with Crippen LogP contribution in [-0.4, -0.2) is 10.9 Å². The molecule has 0 fully saturated rings. The predicted molar refractivity (Wildman–Crippen MR) is 57.7 cm³/mol. The number of aldehydes is 1. The second-order valence-electron chi connectivity index (χ2n) is 3.84. The van der Waals surface area contributed by atoms with E-state index in [0.29, 0.717) is 16.5 Å². The quantitative estimate of drug-likeness (QED) is 0.690. The third-order valence-electron chi connectivity index (χ3n) is 2.52. The minimum absolute atomic E-state index is 0.137. The first-order valence-electron chi connectivity index (χ1n) is 4.89. The van der Waals surface area contributed by atoms with E-state index in [1.54, 1.807) is 22.9 Å². The number of rotatable bonds is 2. The highest BCUT2D eigenvalue weighted by molar-refractivity contribution is 5.97. The molecule has 0 atom stereocenters. The van der Waals surface area contributed by atoms with E-state index in [2.05, 4.69) is 0 Å². The Labute approximate surface area is 87.3 Å². The summed E-state index contributed by atoms with van der Waals surface area (Å²) >= 11 is 0. The van der Waals surface area contributed by atoms with E-state index in [1.165, 1.54) is 6.07 Å². The lowest BCUT2D eigenvalue weighted by molar-refractivity contribution is 0.112. The van der Waals surface area contributed by atoms with E-state index in [0.717, 1.165) is 6.29 Å². The van der Waals surface area contributed by atoms with Gasteiger partial charge in [0, 0.05) is 23.2 Å². The van der Waals surface area contributed by atoms with Crippen LogP contribution in [0.3, 0.4) is 0 Å². The van der Waals surface area contributed by atoms with Gasteiger partial charge in [-0.05, 0) is 19.9 Å². The number of hydrogen-bond acceptors (Lipinski definition) is 1. The summed E-state index contributed by atoms with van der Waals surface area (Å²) in [6.45, 7) is 3.92. The molecule has 0 spiro atoms. The molecule has 0 N–H and O–H groups in total. The number of fused-ring (bicyclic) bond motifs is 1. The molecular weight excluding hydrogens is 193 g/mol. The first-order valence-corrected chi connectivity index (χ1v) is 4.89. The van der Waals surface area contributed by atoms with Crippen molar-refractivity contribution in [1.82, 2.24) is 4.57 Å². The average molecular weight is 205 g/mol. The summed E-state index contributed by atoms with van der Waals surface area (Å²) in [4.78, 5) is 10.8. The summed E-state index contributed by atoms with van der Waals surface area (Å²) in [5, 5.41) is 0.679. The Balaban J connectivity index is 2.87. The van der Waals surface area contributed by atoms with E-state index in [9.17, 15) is 9.18 Å². The fraction of sp³-hybridized carbons (Fsp3) is 0.250. The topological polar surface area (TPSA) is 22.0 Å². The van der Waals surface area contributed by atoms with Crippen LogP contribution in [-0.2, 0) is 0 Å². The van der Waals surface area contributed by atoms with Gasteiger partial charge < -0.3 is 4.57 Å². The van der Waals surface area contributed by atoms with Crippen molar-refractivity contribution in [3.05, 3.63) is 35.8 Å². The first-order chi connectivity index (χ1) is 7.15.